The molecule has 0 bridgehead atoms. The summed E-state index contributed by atoms with van der Waals surface area (Å²) < 4.78 is 16.7. The van der Waals surface area contributed by atoms with Crippen LogP contribution in [0.3, 0.4) is 0 Å². The summed E-state index contributed by atoms with van der Waals surface area (Å²) >= 11 is 0. The first kappa shape index (κ1) is 21.8. The lowest BCUT2D eigenvalue weighted by atomic mass is 9.97. The molecule has 166 valence electrons. The van der Waals surface area contributed by atoms with Crippen LogP contribution in [0.1, 0.15) is 37.8 Å². The number of fused-ring (bicyclic) bond motifs is 1. The summed E-state index contributed by atoms with van der Waals surface area (Å²) in [4.78, 5) is 9.57. The number of ether oxygens (including phenoxy) is 2. The average Bonchev–Trinajstić information content (AvgIpc) is 3.30. The van der Waals surface area contributed by atoms with Crippen LogP contribution in [-0.2, 0) is 11.3 Å². The summed E-state index contributed by atoms with van der Waals surface area (Å²) in [6.07, 6.45) is 1.65. The van der Waals surface area contributed by atoms with Gasteiger partial charge in [0, 0.05) is 24.8 Å². The Morgan fingerprint density at radius 3 is 2.56 bits per heavy atom. The number of aromatic nitrogens is 2. The number of hydrogen-bond acceptors (Lipinski definition) is 6. The van der Waals surface area contributed by atoms with Crippen molar-refractivity contribution in [3.8, 4) is 17.1 Å². The zero-order chi connectivity index (χ0) is 22.3. The van der Waals surface area contributed by atoms with Crippen molar-refractivity contribution in [2.75, 3.05) is 25.1 Å². The zero-order valence-corrected chi connectivity index (χ0v) is 18.8. The van der Waals surface area contributed by atoms with Crippen molar-refractivity contribution in [2.45, 2.75) is 33.2 Å². The van der Waals surface area contributed by atoms with E-state index < -0.39 is 0 Å². The first-order valence-corrected chi connectivity index (χ1v) is 11.0. The highest BCUT2D eigenvalue weighted by atomic mass is 16.5. The third-order valence-corrected chi connectivity index (χ3v) is 5.21. The fourth-order valence-electron chi connectivity index (χ4n) is 3.56. The standard InChI is InChI=1S/C26H29N3O3/c1-4-30-15-16-31-20-11-9-19(10-12-20)17-27-26-24-23(13-14-32-24)28-25(29-26)22-8-6-5-7-21(22)18(2)3/h5-14,18H,4,15-17H2,1-3H3,(H,27,28,29). The number of nitrogens with one attached hydrogen (secondary N) is 1. The van der Waals surface area contributed by atoms with Gasteiger partial charge in [0.2, 0.25) is 0 Å². The molecule has 6 heteroatoms. The first-order valence-electron chi connectivity index (χ1n) is 11.0. The van der Waals surface area contributed by atoms with Gasteiger partial charge in [-0.1, -0.05) is 50.2 Å². The molecule has 0 aliphatic rings. The Morgan fingerprint density at radius 2 is 1.78 bits per heavy atom. The molecule has 4 aromatic rings. The van der Waals surface area contributed by atoms with Crippen LogP contribution in [0.25, 0.3) is 22.5 Å². The molecule has 0 aliphatic heterocycles. The molecule has 0 radical (unpaired) electrons. The third kappa shape index (κ3) is 5.08. The average molecular weight is 432 g/mol. The molecule has 0 saturated carbocycles. The summed E-state index contributed by atoms with van der Waals surface area (Å²) in [5.41, 5.74) is 4.83. The second-order valence-corrected chi connectivity index (χ2v) is 7.82. The Balaban J connectivity index is 1.52. The number of hydrogen-bond donors (Lipinski definition) is 1. The Bertz CT molecular complexity index is 1150. The quantitative estimate of drug-likeness (QED) is 0.309. The number of nitrogens with zero attached hydrogens (tertiary/aromatic N) is 2. The minimum Gasteiger partial charge on any atom is -0.491 e. The van der Waals surface area contributed by atoms with Gasteiger partial charge in [-0.15, -0.1) is 0 Å². The lowest BCUT2D eigenvalue weighted by Crippen LogP contribution is -2.07. The van der Waals surface area contributed by atoms with Crippen molar-refractivity contribution >= 4 is 16.9 Å². The van der Waals surface area contributed by atoms with Gasteiger partial charge in [-0.05, 0) is 36.1 Å². The molecule has 0 amide bonds. The fourth-order valence-corrected chi connectivity index (χ4v) is 3.56. The van der Waals surface area contributed by atoms with Crippen molar-refractivity contribution < 1.29 is 13.9 Å². The maximum absolute atomic E-state index is 5.69. The minimum absolute atomic E-state index is 0.375. The Hall–Kier alpha value is -3.38. The largest absolute Gasteiger partial charge is 0.491 e. The number of benzene rings is 2. The van der Waals surface area contributed by atoms with Gasteiger partial charge in [-0.2, -0.15) is 0 Å². The summed E-state index contributed by atoms with van der Waals surface area (Å²) in [5, 5.41) is 3.42. The molecule has 6 nitrogen and oxygen atoms in total. The molecule has 0 spiro atoms. The lowest BCUT2D eigenvalue weighted by Gasteiger charge is -2.13. The molecule has 32 heavy (non-hydrogen) atoms. The van der Waals surface area contributed by atoms with E-state index in [1.807, 2.05) is 43.3 Å². The monoisotopic (exact) mass is 431 g/mol. The summed E-state index contributed by atoms with van der Waals surface area (Å²) in [5.74, 6) is 2.59. The smallest absolute Gasteiger partial charge is 0.194 e. The zero-order valence-electron chi connectivity index (χ0n) is 18.8. The molecule has 2 heterocycles. The maximum Gasteiger partial charge on any atom is 0.194 e. The highest BCUT2D eigenvalue weighted by Crippen LogP contribution is 2.30. The topological polar surface area (TPSA) is 69.4 Å². The van der Waals surface area contributed by atoms with Crippen LogP contribution in [0.15, 0.2) is 65.3 Å². The van der Waals surface area contributed by atoms with Crippen molar-refractivity contribution in [2.24, 2.45) is 0 Å². The second-order valence-electron chi connectivity index (χ2n) is 7.82. The van der Waals surface area contributed by atoms with E-state index in [2.05, 4.69) is 37.4 Å². The lowest BCUT2D eigenvalue weighted by molar-refractivity contribution is 0.110. The van der Waals surface area contributed by atoms with Gasteiger partial charge in [0.05, 0.1) is 12.9 Å². The van der Waals surface area contributed by atoms with Crippen LogP contribution in [0, 0.1) is 0 Å². The van der Waals surface area contributed by atoms with Crippen LogP contribution in [0.5, 0.6) is 5.75 Å². The number of rotatable bonds is 10. The molecule has 2 aromatic heterocycles. The highest BCUT2D eigenvalue weighted by Gasteiger charge is 2.15. The van der Waals surface area contributed by atoms with E-state index >= 15 is 0 Å². The molecule has 1 N–H and O–H groups in total. The normalized spacial score (nSPS) is 11.2. The molecule has 4 rings (SSSR count). The van der Waals surface area contributed by atoms with Gasteiger partial charge >= 0.3 is 0 Å². The molecular weight excluding hydrogens is 402 g/mol. The molecular formula is C26H29N3O3. The minimum atomic E-state index is 0.375. The Labute approximate surface area is 188 Å². The molecule has 0 atom stereocenters. The van der Waals surface area contributed by atoms with Crippen molar-refractivity contribution in [1.82, 2.24) is 9.97 Å². The predicted molar refractivity (Wildman–Crippen MR) is 127 cm³/mol. The molecule has 0 saturated heterocycles. The second kappa shape index (κ2) is 10.3. The highest BCUT2D eigenvalue weighted by molar-refractivity contribution is 5.85. The fraction of sp³-hybridized carbons (Fsp3) is 0.308. The molecule has 0 aliphatic carbocycles. The van der Waals surface area contributed by atoms with Crippen LogP contribution in [-0.4, -0.2) is 29.8 Å². The molecule has 0 unspecified atom stereocenters. The number of furan rings is 1. The Kier molecular flexibility index (Phi) is 7.02. The van der Waals surface area contributed by atoms with E-state index in [1.165, 1.54) is 5.56 Å². The summed E-state index contributed by atoms with van der Waals surface area (Å²) in [6.45, 7) is 8.78. The van der Waals surface area contributed by atoms with Crippen LogP contribution >= 0.6 is 0 Å². The number of anilines is 1. The SMILES string of the molecule is CCOCCOc1ccc(CNc2nc(-c3ccccc3C(C)C)nc3ccoc23)cc1. The van der Waals surface area contributed by atoms with E-state index in [9.17, 15) is 0 Å². The van der Waals surface area contributed by atoms with E-state index in [1.54, 1.807) is 6.26 Å². The van der Waals surface area contributed by atoms with E-state index in [4.69, 9.17) is 23.9 Å². The van der Waals surface area contributed by atoms with E-state index in [0.29, 0.717) is 49.5 Å². The molecule has 0 fully saturated rings. The Morgan fingerprint density at radius 1 is 0.969 bits per heavy atom. The van der Waals surface area contributed by atoms with Crippen molar-refractivity contribution in [3.05, 3.63) is 72.0 Å². The van der Waals surface area contributed by atoms with Gasteiger partial charge in [0.1, 0.15) is 17.9 Å². The third-order valence-electron chi connectivity index (χ3n) is 5.21. The van der Waals surface area contributed by atoms with Crippen molar-refractivity contribution in [3.63, 3.8) is 0 Å². The van der Waals surface area contributed by atoms with Gasteiger partial charge in [-0.25, -0.2) is 9.97 Å². The summed E-state index contributed by atoms with van der Waals surface area (Å²) in [6, 6.07) is 18.2. The van der Waals surface area contributed by atoms with Gasteiger partial charge in [-0.3, -0.25) is 0 Å². The van der Waals surface area contributed by atoms with Crippen LogP contribution < -0.4 is 10.1 Å². The first-order chi connectivity index (χ1) is 15.7. The van der Waals surface area contributed by atoms with Crippen LogP contribution in [0.4, 0.5) is 5.82 Å². The van der Waals surface area contributed by atoms with Crippen molar-refractivity contribution in [1.29, 1.82) is 0 Å². The van der Waals surface area contributed by atoms with E-state index in [-0.39, 0.29) is 0 Å². The van der Waals surface area contributed by atoms with Gasteiger partial charge in [0.25, 0.3) is 0 Å². The summed E-state index contributed by atoms with van der Waals surface area (Å²) in [7, 11) is 0. The van der Waals surface area contributed by atoms with E-state index in [0.717, 1.165) is 22.4 Å². The maximum atomic E-state index is 5.69. The van der Waals surface area contributed by atoms with Gasteiger partial charge in [0.15, 0.2) is 17.2 Å². The van der Waals surface area contributed by atoms with Gasteiger partial charge < -0.3 is 19.2 Å². The molecule has 2 aromatic carbocycles. The predicted octanol–water partition coefficient (Wildman–Crippen LogP) is 6.04. The van der Waals surface area contributed by atoms with Crippen LogP contribution in [0.2, 0.25) is 0 Å².